The van der Waals surface area contributed by atoms with Gasteiger partial charge in [-0.25, -0.2) is 0 Å². The smallest absolute Gasteiger partial charge is 0.133 e. The van der Waals surface area contributed by atoms with Crippen molar-refractivity contribution in [1.29, 1.82) is 0 Å². The van der Waals surface area contributed by atoms with Gasteiger partial charge in [-0.1, -0.05) is 29.8 Å². The van der Waals surface area contributed by atoms with Gasteiger partial charge in [0.05, 0.1) is 12.7 Å². The second kappa shape index (κ2) is 4.85. The number of benzene rings is 2. The average molecular weight is 277 g/mol. The van der Waals surface area contributed by atoms with E-state index in [0.717, 1.165) is 5.56 Å². The molecule has 0 unspecified atom stereocenters. The lowest BCUT2D eigenvalue weighted by Crippen LogP contribution is -2.13. The first-order valence-electron chi connectivity index (χ1n) is 6.06. The van der Waals surface area contributed by atoms with Gasteiger partial charge in [0.25, 0.3) is 0 Å². The quantitative estimate of drug-likeness (QED) is 0.840. The second-order valence-electron chi connectivity index (χ2n) is 4.56. The highest BCUT2D eigenvalue weighted by Gasteiger charge is 2.30. The first kappa shape index (κ1) is 12.5. The molecule has 0 saturated carbocycles. The predicted octanol–water partition coefficient (Wildman–Crippen LogP) is 3.26. The van der Waals surface area contributed by atoms with Crippen LogP contribution in [0.5, 0.6) is 11.5 Å². The van der Waals surface area contributed by atoms with E-state index in [2.05, 4.69) is 0 Å². The zero-order valence-electron chi connectivity index (χ0n) is 10.1. The van der Waals surface area contributed by atoms with Crippen LogP contribution in [0, 0.1) is 0 Å². The van der Waals surface area contributed by atoms with Gasteiger partial charge in [-0.15, -0.1) is 0 Å². The summed E-state index contributed by atoms with van der Waals surface area (Å²) in [6.07, 6.45) is -0.845. The molecule has 2 aromatic carbocycles. The van der Waals surface area contributed by atoms with E-state index in [9.17, 15) is 10.2 Å². The number of aliphatic hydroxyl groups is 2. The Labute approximate surface area is 116 Å². The minimum atomic E-state index is -0.845. The topological polar surface area (TPSA) is 49.7 Å². The summed E-state index contributed by atoms with van der Waals surface area (Å²) in [6, 6.07) is 12.5. The molecule has 0 aromatic heterocycles. The van der Waals surface area contributed by atoms with E-state index in [4.69, 9.17) is 16.3 Å². The largest absolute Gasteiger partial charge is 0.457 e. The summed E-state index contributed by atoms with van der Waals surface area (Å²) in [4.78, 5) is 0. The van der Waals surface area contributed by atoms with Gasteiger partial charge >= 0.3 is 0 Å². The van der Waals surface area contributed by atoms with Crippen molar-refractivity contribution < 1.29 is 14.9 Å². The molecule has 2 aromatic rings. The number of rotatable bonds is 1. The Morgan fingerprint density at radius 1 is 1.05 bits per heavy atom. The van der Waals surface area contributed by atoms with E-state index in [1.807, 2.05) is 24.3 Å². The molecule has 0 radical (unpaired) electrons. The second-order valence-corrected chi connectivity index (χ2v) is 4.99. The molecule has 0 amide bonds. The summed E-state index contributed by atoms with van der Waals surface area (Å²) in [5.41, 5.74) is 1.40. The minimum absolute atomic E-state index is 0.159. The highest BCUT2D eigenvalue weighted by Crippen LogP contribution is 2.45. The van der Waals surface area contributed by atoms with Crippen molar-refractivity contribution in [2.75, 3.05) is 6.61 Å². The van der Waals surface area contributed by atoms with E-state index in [1.165, 1.54) is 0 Å². The van der Waals surface area contributed by atoms with Crippen LogP contribution < -0.4 is 4.74 Å². The van der Waals surface area contributed by atoms with Gasteiger partial charge in [-0.3, -0.25) is 0 Å². The van der Waals surface area contributed by atoms with Gasteiger partial charge in [0.1, 0.15) is 11.5 Å². The van der Waals surface area contributed by atoms with Gasteiger partial charge in [0.15, 0.2) is 0 Å². The molecule has 1 aliphatic rings. The van der Waals surface area contributed by atoms with Crippen molar-refractivity contribution in [2.45, 2.75) is 12.0 Å². The molecule has 1 aliphatic heterocycles. The first-order chi connectivity index (χ1) is 9.20. The van der Waals surface area contributed by atoms with Crippen LogP contribution in [0.3, 0.4) is 0 Å². The molecule has 0 fully saturated rings. The van der Waals surface area contributed by atoms with Gasteiger partial charge in [-0.05, 0) is 24.3 Å². The minimum Gasteiger partial charge on any atom is -0.457 e. The van der Waals surface area contributed by atoms with Crippen molar-refractivity contribution >= 4 is 11.6 Å². The number of hydrogen-bond acceptors (Lipinski definition) is 3. The van der Waals surface area contributed by atoms with Crippen LogP contribution in [0.1, 0.15) is 23.1 Å². The molecular weight excluding hydrogens is 264 g/mol. The molecule has 1 heterocycles. The van der Waals surface area contributed by atoms with E-state index < -0.39 is 12.0 Å². The summed E-state index contributed by atoms with van der Waals surface area (Å²) in [5.74, 6) is 0.804. The molecule has 0 aliphatic carbocycles. The molecule has 19 heavy (non-hydrogen) atoms. The molecule has 0 bridgehead atoms. The number of para-hydroxylation sites is 1. The normalized spacial score (nSPS) is 21.0. The Kier molecular flexibility index (Phi) is 3.19. The number of aliphatic hydroxyl groups excluding tert-OH is 2. The fourth-order valence-electron chi connectivity index (χ4n) is 2.43. The highest BCUT2D eigenvalue weighted by atomic mass is 35.5. The zero-order chi connectivity index (χ0) is 13.4. The third kappa shape index (κ3) is 2.10. The van der Waals surface area contributed by atoms with Crippen LogP contribution in [0.25, 0.3) is 0 Å². The summed E-state index contributed by atoms with van der Waals surface area (Å²) >= 11 is 5.97. The van der Waals surface area contributed by atoms with Gasteiger partial charge < -0.3 is 14.9 Å². The van der Waals surface area contributed by atoms with Crippen LogP contribution in [0.2, 0.25) is 5.02 Å². The maximum absolute atomic E-state index is 10.5. The molecule has 0 saturated heterocycles. The molecule has 3 nitrogen and oxygen atoms in total. The number of hydrogen-bond donors (Lipinski definition) is 2. The lowest BCUT2D eigenvalue weighted by Gasteiger charge is -2.19. The zero-order valence-corrected chi connectivity index (χ0v) is 10.8. The summed E-state index contributed by atoms with van der Waals surface area (Å²) < 4.78 is 5.83. The van der Waals surface area contributed by atoms with Crippen LogP contribution in [0.15, 0.2) is 42.5 Å². The number of halogens is 1. The Hall–Kier alpha value is -1.55. The summed E-state index contributed by atoms with van der Waals surface area (Å²) in [6.45, 7) is -0.159. The van der Waals surface area contributed by atoms with Crippen molar-refractivity contribution in [2.24, 2.45) is 0 Å². The van der Waals surface area contributed by atoms with Crippen molar-refractivity contribution in [3.05, 3.63) is 58.6 Å². The molecule has 4 heteroatoms. The van der Waals surface area contributed by atoms with E-state index >= 15 is 0 Å². The standard InChI is InChI=1S/C15H13ClO3/c16-9-5-6-14-11(7-9)15(18)12(8-17)10-3-1-2-4-13(10)19-14/h1-7,12,15,17-18H,8H2/t12-,15-/m1/s1. The summed E-state index contributed by atoms with van der Waals surface area (Å²) in [7, 11) is 0. The lowest BCUT2D eigenvalue weighted by molar-refractivity contribution is 0.108. The van der Waals surface area contributed by atoms with E-state index in [-0.39, 0.29) is 6.61 Å². The van der Waals surface area contributed by atoms with Gasteiger partial charge in [0.2, 0.25) is 0 Å². The van der Waals surface area contributed by atoms with Crippen LogP contribution in [0.4, 0.5) is 0 Å². The van der Waals surface area contributed by atoms with Gasteiger partial charge in [0, 0.05) is 22.1 Å². The Bertz CT molecular complexity index is 612. The number of ether oxygens (including phenoxy) is 1. The first-order valence-corrected chi connectivity index (χ1v) is 6.43. The van der Waals surface area contributed by atoms with Crippen LogP contribution in [-0.4, -0.2) is 16.8 Å². The average Bonchev–Trinajstić information content (AvgIpc) is 2.53. The molecule has 2 N–H and O–H groups in total. The summed E-state index contributed by atoms with van der Waals surface area (Å²) in [5, 5.41) is 20.6. The molecule has 2 atom stereocenters. The fourth-order valence-corrected chi connectivity index (χ4v) is 2.61. The van der Waals surface area contributed by atoms with Crippen LogP contribution in [-0.2, 0) is 0 Å². The fraction of sp³-hybridized carbons (Fsp3) is 0.200. The maximum Gasteiger partial charge on any atom is 0.133 e. The van der Waals surface area contributed by atoms with E-state index in [0.29, 0.717) is 22.1 Å². The Morgan fingerprint density at radius 3 is 2.58 bits per heavy atom. The Balaban J connectivity index is 2.20. The highest BCUT2D eigenvalue weighted by molar-refractivity contribution is 6.30. The van der Waals surface area contributed by atoms with Crippen molar-refractivity contribution in [3.63, 3.8) is 0 Å². The molecular formula is C15H13ClO3. The monoisotopic (exact) mass is 276 g/mol. The number of fused-ring (bicyclic) bond motifs is 2. The third-order valence-electron chi connectivity index (χ3n) is 3.41. The SMILES string of the molecule is OC[C@@H]1c2ccccc2Oc2ccc(Cl)cc2[C@H]1O. The molecule has 0 spiro atoms. The maximum atomic E-state index is 10.5. The third-order valence-corrected chi connectivity index (χ3v) is 3.64. The Morgan fingerprint density at radius 2 is 1.79 bits per heavy atom. The van der Waals surface area contributed by atoms with Crippen molar-refractivity contribution in [1.82, 2.24) is 0 Å². The predicted molar refractivity (Wildman–Crippen MR) is 72.8 cm³/mol. The van der Waals surface area contributed by atoms with Crippen molar-refractivity contribution in [3.8, 4) is 11.5 Å². The van der Waals surface area contributed by atoms with E-state index in [1.54, 1.807) is 18.2 Å². The van der Waals surface area contributed by atoms with Crippen LogP contribution >= 0.6 is 11.6 Å². The van der Waals surface area contributed by atoms with Gasteiger partial charge in [-0.2, -0.15) is 0 Å². The molecule has 98 valence electrons. The lowest BCUT2D eigenvalue weighted by atomic mass is 9.90. The molecule has 3 rings (SSSR count).